The van der Waals surface area contributed by atoms with Crippen molar-refractivity contribution in [1.82, 2.24) is 5.06 Å². The minimum absolute atomic E-state index is 0.00694. The van der Waals surface area contributed by atoms with Crippen molar-refractivity contribution in [1.29, 1.82) is 0 Å². The zero-order valence-electron chi connectivity index (χ0n) is 8.01. The molecule has 2 amide bonds. The number of carbonyl (C=O) groups is 2. The maximum Gasteiger partial charge on any atom is 0.442 e. The van der Waals surface area contributed by atoms with Crippen LogP contribution >= 0.6 is 0 Å². The van der Waals surface area contributed by atoms with Crippen molar-refractivity contribution in [2.45, 2.75) is 12.5 Å². The summed E-state index contributed by atoms with van der Waals surface area (Å²) in [7, 11) is 0. The third-order valence-electron chi connectivity index (χ3n) is 2.39. The third-order valence-corrected chi connectivity index (χ3v) is 2.39. The Hall–Kier alpha value is -1.88. The molecule has 1 unspecified atom stereocenters. The molecule has 2 rings (SSSR count). The molecule has 78 valence electrons. The van der Waals surface area contributed by atoms with E-state index in [-0.39, 0.29) is 5.06 Å². The van der Waals surface area contributed by atoms with E-state index < -0.39 is 17.6 Å². The highest BCUT2D eigenvalue weighted by Crippen LogP contribution is 2.32. The molecule has 1 aliphatic heterocycles. The van der Waals surface area contributed by atoms with E-state index in [9.17, 15) is 9.59 Å². The number of rotatable bonds is 1. The van der Waals surface area contributed by atoms with Crippen LogP contribution in [-0.4, -0.2) is 22.3 Å². The molecule has 1 saturated heterocycles. The van der Waals surface area contributed by atoms with Gasteiger partial charge in [0.15, 0.2) is 0 Å². The van der Waals surface area contributed by atoms with Crippen LogP contribution in [0.5, 0.6) is 0 Å². The summed E-state index contributed by atoms with van der Waals surface area (Å²) in [5.74, 6) is -0.779. The van der Waals surface area contributed by atoms with Crippen LogP contribution in [-0.2, 0) is 15.1 Å². The Morgan fingerprint density at radius 2 is 1.87 bits per heavy atom. The molecule has 1 fully saturated rings. The number of cyclic esters (lactones) is 1. The lowest BCUT2D eigenvalue weighted by Gasteiger charge is -2.18. The van der Waals surface area contributed by atoms with Gasteiger partial charge in [0.05, 0.1) is 0 Å². The van der Waals surface area contributed by atoms with Gasteiger partial charge in [0, 0.05) is 5.56 Å². The number of nitrogens with zero attached hydrogens (tertiary/aromatic N) is 1. The first-order valence-electron chi connectivity index (χ1n) is 4.37. The molecule has 0 radical (unpaired) electrons. The van der Waals surface area contributed by atoms with Crippen molar-refractivity contribution in [3.8, 4) is 0 Å². The van der Waals surface area contributed by atoms with Crippen LogP contribution in [0.15, 0.2) is 30.3 Å². The first-order valence-corrected chi connectivity index (χ1v) is 4.37. The van der Waals surface area contributed by atoms with Gasteiger partial charge in [0.1, 0.15) is 0 Å². The Balaban J connectivity index is 2.45. The number of hydrogen-bond acceptors (Lipinski definition) is 4. The molecule has 0 saturated carbocycles. The SMILES string of the molecule is CC1(c2ccccc2)OC(=O)N(O)C1=O. The van der Waals surface area contributed by atoms with E-state index in [2.05, 4.69) is 0 Å². The number of hydroxylamine groups is 2. The number of benzene rings is 1. The van der Waals surface area contributed by atoms with E-state index in [1.54, 1.807) is 30.3 Å². The highest BCUT2D eigenvalue weighted by atomic mass is 16.7. The maximum atomic E-state index is 11.6. The molecule has 1 heterocycles. The molecule has 1 aliphatic rings. The zero-order valence-corrected chi connectivity index (χ0v) is 8.01. The van der Waals surface area contributed by atoms with Crippen LogP contribution in [0.2, 0.25) is 0 Å². The quantitative estimate of drug-likeness (QED) is 0.704. The molecule has 1 N–H and O–H groups in total. The van der Waals surface area contributed by atoms with Gasteiger partial charge in [-0.1, -0.05) is 30.3 Å². The number of hydrogen-bond donors (Lipinski definition) is 1. The molecule has 0 aromatic heterocycles. The average molecular weight is 207 g/mol. The van der Waals surface area contributed by atoms with Crippen LogP contribution in [0.4, 0.5) is 4.79 Å². The fourth-order valence-electron chi connectivity index (χ4n) is 1.49. The van der Waals surface area contributed by atoms with Crippen molar-refractivity contribution in [2.75, 3.05) is 0 Å². The normalized spacial score (nSPS) is 25.6. The summed E-state index contributed by atoms with van der Waals surface area (Å²) in [5.41, 5.74) is -0.896. The summed E-state index contributed by atoms with van der Waals surface area (Å²) >= 11 is 0. The van der Waals surface area contributed by atoms with E-state index in [0.29, 0.717) is 5.56 Å². The Morgan fingerprint density at radius 1 is 1.27 bits per heavy atom. The average Bonchev–Trinajstić information content (AvgIpc) is 2.45. The molecular formula is C10H9NO4. The summed E-state index contributed by atoms with van der Waals surface area (Å²) < 4.78 is 4.85. The van der Waals surface area contributed by atoms with Gasteiger partial charge in [-0.2, -0.15) is 0 Å². The van der Waals surface area contributed by atoms with Crippen LogP contribution in [0, 0.1) is 0 Å². The molecule has 1 aromatic carbocycles. The molecule has 1 atom stereocenters. The van der Waals surface area contributed by atoms with Gasteiger partial charge < -0.3 is 4.74 Å². The maximum absolute atomic E-state index is 11.6. The lowest BCUT2D eigenvalue weighted by molar-refractivity contribution is -0.154. The second-order valence-corrected chi connectivity index (χ2v) is 3.38. The smallest absolute Gasteiger partial charge is 0.426 e. The van der Waals surface area contributed by atoms with Gasteiger partial charge >= 0.3 is 12.0 Å². The van der Waals surface area contributed by atoms with Crippen molar-refractivity contribution >= 4 is 12.0 Å². The molecule has 0 bridgehead atoms. The van der Waals surface area contributed by atoms with Gasteiger partial charge in [-0.3, -0.25) is 10.0 Å². The van der Waals surface area contributed by atoms with E-state index in [1.807, 2.05) is 0 Å². The second-order valence-electron chi connectivity index (χ2n) is 3.38. The monoisotopic (exact) mass is 207 g/mol. The van der Waals surface area contributed by atoms with Crippen LogP contribution < -0.4 is 0 Å². The van der Waals surface area contributed by atoms with Crippen LogP contribution in [0.1, 0.15) is 12.5 Å². The van der Waals surface area contributed by atoms with Crippen LogP contribution in [0.3, 0.4) is 0 Å². The number of carbonyl (C=O) groups excluding carboxylic acids is 2. The molecule has 0 aliphatic carbocycles. The first-order chi connectivity index (χ1) is 7.05. The van der Waals surface area contributed by atoms with E-state index >= 15 is 0 Å². The Labute approximate surface area is 85.8 Å². The van der Waals surface area contributed by atoms with Gasteiger partial charge in [-0.05, 0) is 6.92 Å². The molecule has 5 nitrogen and oxygen atoms in total. The first kappa shape index (κ1) is 9.67. The second kappa shape index (κ2) is 3.06. The largest absolute Gasteiger partial charge is 0.442 e. The number of amides is 2. The molecule has 15 heavy (non-hydrogen) atoms. The minimum Gasteiger partial charge on any atom is -0.426 e. The van der Waals surface area contributed by atoms with Crippen LogP contribution in [0.25, 0.3) is 0 Å². The van der Waals surface area contributed by atoms with E-state index in [4.69, 9.17) is 9.94 Å². The topological polar surface area (TPSA) is 66.8 Å². The van der Waals surface area contributed by atoms with Gasteiger partial charge in [0.25, 0.3) is 0 Å². The summed E-state index contributed by atoms with van der Waals surface area (Å²) in [5, 5.41) is 9.07. The number of imide groups is 1. The lowest BCUT2D eigenvalue weighted by atomic mass is 9.96. The molecule has 0 spiro atoms. The minimum atomic E-state index is -1.42. The molecule has 5 heteroatoms. The van der Waals surface area contributed by atoms with Crippen molar-refractivity contribution in [3.05, 3.63) is 35.9 Å². The highest BCUT2D eigenvalue weighted by Gasteiger charge is 2.51. The van der Waals surface area contributed by atoms with Crippen molar-refractivity contribution < 1.29 is 19.5 Å². The predicted octanol–water partition coefficient (Wildman–Crippen LogP) is 1.27. The van der Waals surface area contributed by atoms with Gasteiger partial charge in [-0.15, -0.1) is 5.06 Å². The Morgan fingerprint density at radius 3 is 2.33 bits per heavy atom. The summed E-state index contributed by atoms with van der Waals surface area (Å²) in [6.07, 6.45) is -1.05. The van der Waals surface area contributed by atoms with Gasteiger partial charge in [-0.25, -0.2) is 4.79 Å². The van der Waals surface area contributed by atoms with E-state index in [0.717, 1.165) is 0 Å². The Kier molecular flexibility index (Phi) is 1.97. The van der Waals surface area contributed by atoms with Crippen molar-refractivity contribution in [3.63, 3.8) is 0 Å². The molecular weight excluding hydrogens is 198 g/mol. The van der Waals surface area contributed by atoms with Crippen molar-refractivity contribution in [2.24, 2.45) is 0 Å². The summed E-state index contributed by atoms with van der Waals surface area (Å²) in [6.45, 7) is 1.44. The zero-order chi connectivity index (χ0) is 11.1. The van der Waals surface area contributed by atoms with Gasteiger partial charge in [0.2, 0.25) is 5.60 Å². The lowest BCUT2D eigenvalue weighted by Crippen LogP contribution is -2.34. The standard InChI is InChI=1S/C10H9NO4/c1-10(7-5-3-2-4-6-7)8(12)11(14)9(13)15-10/h2-6,14H,1H3. The highest BCUT2D eigenvalue weighted by molar-refractivity contribution is 6.01. The van der Waals surface area contributed by atoms with E-state index in [1.165, 1.54) is 6.92 Å². The summed E-state index contributed by atoms with van der Waals surface area (Å²) in [4.78, 5) is 22.6. The molecule has 1 aromatic rings. The fourth-order valence-corrected chi connectivity index (χ4v) is 1.49. The predicted molar refractivity (Wildman–Crippen MR) is 48.9 cm³/mol. The third kappa shape index (κ3) is 1.28. The fraction of sp³-hybridized carbons (Fsp3) is 0.200. The Bertz CT molecular complexity index is 417. The summed E-state index contributed by atoms with van der Waals surface area (Å²) in [6, 6.07) is 8.54. The number of ether oxygens (including phenoxy) is 1.